The van der Waals surface area contributed by atoms with E-state index in [-0.39, 0.29) is 11.9 Å². The molecule has 0 aliphatic rings. The lowest BCUT2D eigenvalue weighted by Gasteiger charge is -2.15. The molecule has 0 bridgehead atoms. The number of hydrogen-bond acceptors (Lipinski definition) is 2. The molecule has 3 aromatic rings. The van der Waals surface area contributed by atoms with Crippen LogP contribution in [0.3, 0.4) is 0 Å². The second-order valence-electron chi connectivity index (χ2n) is 6.43. The van der Waals surface area contributed by atoms with Gasteiger partial charge in [0.25, 0.3) is 0 Å². The van der Waals surface area contributed by atoms with Crippen LogP contribution in [0.2, 0.25) is 0 Å². The largest absolute Gasteiger partial charge is 0.350 e. The summed E-state index contributed by atoms with van der Waals surface area (Å²) in [5.41, 5.74) is 4.18. The minimum absolute atomic E-state index is 0.0238. The van der Waals surface area contributed by atoms with E-state index in [4.69, 9.17) is 0 Å². The van der Waals surface area contributed by atoms with Crippen LogP contribution in [0, 0.1) is 13.8 Å². The fourth-order valence-corrected chi connectivity index (χ4v) is 3.22. The molecule has 0 aliphatic carbocycles. The Morgan fingerprint density at radius 3 is 2.42 bits per heavy atom. The molecule has 1 amide bonds. The third-order valence-electron chi connectivity index (χ3n) is 4.52. The van der Waals surface area contributed by atoms with Crippen LogP contribution in [0.1, 0.15) is 36.3 Å². The lowest BCUT2D eigenvalue weighted by Crippen LogP contribution is -2.27. The van der Waals surface area contributed by atoms with E-state index in [0.717, 1.165) is 27.1 Å². The van der Waals surface area contributed by atoms with Gasteiger partial charge in [-0.15, -0.1) is 0 Å². The predicted octanol–water partition coefficient (Wildman–Crippen LogP) is 4.32. The monoisotopic (exact) mass is 414 g/mol. The Labute approximate surface area is 162 Å². The van der Waals surface area contributed by atoms with Crippen LogP contribution < -0.4 is 5.32 Å². The fraction of sp³-hybridized carbons (Fsp3) is 0.300. The highest BCUT2D eigenvalue weighted by atomic mass is 79.9. The molecule has 0 aliphatic heterocycles. The second-order valence-corrected chi connectivity index (χ2v) is 7.22. The third kappa shape index (κ3) is 4.07. The van der Waals surface area contributed by atoms with Crippen molar-refractivity contribution in [3.05, 3.63) is 70.2 Å². The Balaban J connectivity index is 1.56. The molecule has 0 spiro atoms. The van der Waals surface area contributed by atoms with Crippen LogP contribution in [0.4, 0.5) is 0 Å². The van der Waals surface area contributed by atoms with E-state index < -0.39 is 0 Å². The van der Waals surface area contributed by atoms with Gasteiger partial charge in [-0.1, -0.05) is 12.1 Å². The second kappa shape index (κ2) is 7.91. The minimum atomic E-state index is -0.0339. The van der Waals surface area contributed by atoms with Crippen molar-refractivity contribution in [1.29, 1.82) is 0 Å². The molecule has 0 radical (unpaired) electrons. The average Bonchev–Trinajstić information content (AvgIpc) is 3.25. The van der Waals surface area contributed by atoms with Crippen molar-refractivity contribution in [3.8, 4) is 5.69 Å². The maximum Gasteiger partial charge on any atom is 0.222 e. The van der Waals surface area contributed by atoms with Gasteiger partial charge in [0.05, 0.1) is 22.8 Å². The molecule has 3 rings (SSSR count). The van der Waals surface area contributed by atoms with Gasteiger partial charge in [0.15, 0.2) is 0 Å². The summed E-state index contributed by atoms with van der Waals surface area (Å²) in [6.07, 6.45) is 4.43. The number of hydrogen-bond donors (Lipinski definition) is 1. The SMILES string of the molecule is Cc1nn(CCC(=O)NC(C)c2ccc(-n3cccc3)cc2)c(C)c1Br. The van der Waals surface area contributed by atoms with Crippen molar-refractivity contribution in [2.45, 2.75) is 39.8 Å². The highest BCUT2D eigenvalue weighted by Gasteiger charge is 2.12. The van der Waals surface area contributed by atoms with Crippen LogP contribution in [0.25, 0.3) is 5.69 Å². The van der Waals surface area contributed by atoms with E-state index in [0.29, 0.717) is 13.0 Å². The highest BCUT2D eigenvalue weighted by Crippen LogP contribution is 2.20. The molecule has 2 aromatic heterocycles. The zero-order valence-corrected chi connectivity index (χ0v) is 16.8. The van der Waals surface area contributed by atoms with E-state index >= 15 is 0 Å². The Morgan fingerprint density at radius 2 is 1.85 bits per heavy atom. The number of carbonyl (C=O) groups excluding carboxylic acids is 1. The summed E-state index contributed by atoms with van der Waals surface area (Å²) in [6, 6.07) is 12.2. The number of aryl methyl sites for hydroxylation is 2. The van der Waals surface area contributed by atoms with Gasteiger partial charge in [-0.05, 0) is 66.5 Å². The summed E-state index contributed by atoms with van der Waals surface area (Å²) in [6.45, 7) is 6.52. The number of nitrogens with one attached hydrogen (secondary N) is 1. The molecule has 6 heteroatoms. The number of halogens is 1. The Kier molecular flexibility index (Phi) is 5.61. The molecule has 26 heavy (non-hydrogen) atoms. The van der Waals surface area contributed by atoms with Crippen LogP contribution in [0.5, 0.6) is 0 Å². The van der Waals surface area contributed by atoms with Crippen molar-refractivity contribution in [3.63, 3.8) is 0 Å². The first kappa shape index (κ1) is 18.5. The number of carbonyl (C=O) groups is 1. The maximum atomic E-state index is 12.3. The van der Waals surface area contributed by atoms with Crippen LogP contribution in [0.15, 0.2) is 53.3 Å². The number of benzene rings is 1. The molecule has 1 aromatic carbocycles. The molecule has 136 valence electrons. The van der Waals surface area contributed by atoms with E-state index in [2.05, 4.69) is 55.2 Å². The quantitative estimate of drug-likeness (QED) is 0.652. The molecule has 2 heterocycles. The molecule has 5 nitrogen and oxygen atoms in total. The Bertz CT molecular complexity index is 881. The van der Waals surface area contributed by atoms with E-state index in [1.807, 2.05) is 50.0 Å². The van der Waals surface area contributed by atoms with Crippen molar-refractivity contribution in [2.24, 2.45) is 0 Å². The zero-order valence-electron chi connectivity index (χ0n) is 15.2. The van der Waals surface area contributed by atoms with Gasteiger partial charge in [0, 0.05) is 30.2 Å². The average molecular weight is 415 g/mol. The van der Waals surface area contributed by atoms with Crippen molar-refractivity contribution >= 4 is 21.8 Å². The fourth-order valence-electron chi connectivity index (χ4n) is 2.94. The Morgan fingerprint density at radius 1 is 1.19 bits per heavy atom. The number of amides is 1. The molecular formula is C20H23BrN4O. The molecule has 1 N–H and O–H groups in total. The summed E-state index contributed by atoms with van der Waals surface area (Å²) in [4.78, 5) is 12.3. The smallest absolute Gasteiger partial charge is 0.222 e. The van der Waals surface area contributed by atoms with Crippen molar-refractivity contribution in [2.75, 3.05) is 0 Å². The molecule has 1 atom stereocenters. The van der Waals surface area contributed by atoms with Gasteiger partial charge in [-0.3, -0.25) is 9.48 Å². The van der Waals surface area contributed by atoms with Crippen molar-refractivity contribution < 1.29 is 4.79 Å². The summed E-state index contributed by atoms with van der Waals surface area (Å²) >= 11 is 3.51. The molecule has 0 saturated carbocycles. The zero-order chi connectivity index (χ0) is 18.7. The van der Waals surface area contributed by atoms with Crippen LogP contribution in [-0.4, -0.2) is 20.3 Å². The summed E-state index contributed by atoms with van der Waals surface area (Å²) in [5.74, 6) is 0.0238. The molecule has 0 saturated heterocycles. The predicted molar refractivity (Wildman–Crippen MR) is 106 cm³/mol. The minimum Gasteiger partial charge on any atom is -0.350 e. The maximum absolute atomic E-state index is 12.3. The van der Waals surface area contributed by atoms with Gasteiger partial charge < -0.3 is 9.88 Å². The summed E-state index contributed by atoms with van der Waals surface area (Å²) in [5, 5.41) is 7.50. The lowest BCUT2D eigenvalue weighted by atomic mass is 10.1. The normalized spacial score (nSPS) is 12.2. The number of rotatable bonds is 6. The van der Waals surface area contributed by atoms with E-state index in [9.17, 15) is 4.79 Å². The van der Waals surface area contributed by atoms with Gasteiger partial charge in [0.1, 0.15) is 0 Å². The first-order chi connectivity index (χ1) is 12.5. The summed E-state index contributed by atoms with van der Waals surface area (Å²) < 4.78 is 4.93. The molecular weight excluding hydrogens is 392 g/mol. The number of aromatic nitrogens is 3. The number of nitrogens with zero attached hydrogens (tertiary/aromatic N) is 3. The van der Waals surface area contributed by atoms with E-state index in [1.54, 1.807) is 0 Å². The third-order valence-corrected chi connectivity index (χ3v) is 5.66. The van der Waals surface area contributed by atoms with Gasteiger partial charge in [0.2, 0.25) is 5.91 Å². The van der Waals surface area contributed by atoms with Gasteiger partial charge in [-0.2, -0.15) is 5.10 Å². The summed E-state index contributed by atoms with van der Waals surface area (Å²) in [7, 11) is 0. The lowest BCUT2D eigenvalue weighted by molar-refractivity contribution is -0.122. The van der Waals surface area contributed by atoms with E-state index in [1.165, 1.54) is 0 Å². The molecule has 1 unspecified atom stereocenters. The Hall–Kier alpha value is -2.34. The first-order valence-electron chi connectivity index (χ1n) is 8.68. The van der Waals surface area contributed by atoms with Gasteiger partial charge >= 0.3 is 0 Å². The standard InChI is InChI=1S/C20H23BrN4O/c1-14(17-6-8-18(9-7-17)24-11-4-5-12-24)22-19(26)10-13-25-16(3)20(21)15(2)23-25/h4-9,11-12,14H,10,13H2,1-3H3,(H,22,26). The van der Waals surface area contributed by atoms with Gasteiger partial charge in [-0.25, -0.2) is 0 Å². The highest BCUT2D eigenvalue weighted by molar-refractivity contribution is 9.10. The van der Waals surface area contributed by atoms with Crippen LogP contribution in [-0.2, 0) is 11.3 Å². The van der Waals surface area contributed by atoms with Crippen LogP contribution >= 0.6 is 15.9 Å². The molecule has 0 fully saturated rings. The topological polar surface area (TPSA) is 51.9 Å². The van der Waals surface area contributed by atoms with Crippen molar-refractivity contribution in [1.82, 2.24) is 19.7 Å². The first-order valence-corrected chi connectivity index (χ1v) is 9.47.